The summed E-state index contributed by atoms with van der Waals surface area (Å²) >= 11 is 0. The van der Waals surface area contributed by atoms with E-state index in [0.29, 0.717) is 58.7 Å². The quantitative estimate of drug-likeness (QED) is 0.269. The van der Waals surface area contributed by atoms with Gasteiger partial charge in [-0.2, -0.15) is 0 Å². The average molecular weight is 597 g/mol. The van der Waals surface area contributed by atoms with Crippen molar-refractivity contribution >= 4 is 39.2 Å². The maximum Gasteiger partial charge on any atom is 0.253 e. The molecule has 2 aromatic heterocycles. The van der Waals surface area contributed by atoms with Crippen LogP contribution >= 0.6 is 0 Å². The third-order valence-corrected chi connectivity index (χ3v) is 8.55. The number of carbonyl (C=O) groups is 2. The Morgan fingerprint density at radius 3 is 2.25 bits per heavy atom. The maximum absolute atomic E-state index is 13.9. The van der Waals surface area contributed by atoms with Gasteiger partial charge in [-0.15, -0.1) is 0 Å². The maximum atomic E-state index is 13.9. The molecule has 1 aliphatic heterocycles. The monoisotopic (exact) mass is 596 g/mol. The predicted molar refractivity (Wildman–Crippen MR) is 177 cm³/mol. The van der Waals surface area contributed by atoms with Crippen LogP contribution in [0.1, 0.15) is 75.8 Å². The number of amides is 1. The van der Waals surface area contributed by atoms with E-state index in [4.69, 9.17) is 20.4 Å². The Kier molecular flexibility index (Phi) is 8.29. The van der Waals surface area contributed by atoms with Crippen molar-refractivity contribution in [1.29, 1.82) is 0 Å². The lowest BCUT2D eigenvalue weighted by molar-refractivity contribution is -0.111. The van der Waals surface area contributed by atoms with Crippen LogP contribution in [0.5, 0.6) is 5.75 Å². The molecule has 1 aliphatic rings. The highest BCUT2D eigenvalue weighted by Crippen LogP contribution is 2.39. The number of aryl methyl sites for hydroxylation is 1. The van der Waals surface area contributed by atoms with Gasteiger partial charge in [0.25, 0.3) is 5.91 Å². The van der Waals surface area contributed by atoms with Crippen molar-refractivity contribution in [3.05, 3.63) is 58.5 Å². The van der Waals surface area contributed by atoms with Crippen molar-refractivity contribution in [3.63, 3.8) is 0 Å². The number of ketones is 1. The van der Waals surface area contributed by atoms with Crippen molar-refractivity contribution in [1.82, 2.24) is 24.8 Å². The fourth-order valence-corrected chi connectivity index (χ4v) is 6.13. The first-order chi connectivity index (χ1) is 20.7. The predicted octanol–water partition coefficient (Wildman–Crippen LogP) is 5.84. The fraction of sp³-hybridized carbons (Fsp3) is 0.429. The van der Waals surface area contributed by atoms with E-state index in [1.165, 1.54) is 6.92 Å². The first-order valence-corrected chi connectivity index (χ1v) is 15.2. The Morgan fingerprint density at radius 1 is 1.00 bits per heavy atom. The molecule has 3 heterocycles. The lowest BCUT2D eigenvalue weighted by atomic mass is 9.84. The van der Waals surface area contributed by atoms with Crippen LogP contribution < -0.4 is 10.5 Å². The molecule has 5 rings (SSSR count). The van der Waals surface area contributed by atoms with Gasteiger partial charge in [0.1, 0.15) is 17.2 Å². The molecule has 0 saturated carbocycles. The molecule has 232 valence electrons. The molecular formula is C35H44N6O3. The number of aromatic nitrogens is 3. The topological polar surface area (TPSA) is 117 Å². The Balaban J connectivity index is 1.71. The summed E-state index contributed by atoms with van der Waals surface area (Å²) in [5.74, 6) is 1.03. The van der Waals surface area contributed by atoms with Gasteiger partial charge in [0.2, 0.25) is 0 Å². The SMILES string of the molecule is COc1cc2c(cc1C(C(C)=O)=C(C)N)[nH]c1nc(C)nc(-c3cc(C(=O)N4CCN(C(C)C)CC4)cc(C(C)(C)C)c3)c12. The summed E-state index contributed by atoms with van der Waals surface area (Å²) < 4.78 is 5.78. The number of rotatable bonds is 6. The number of methoxy groups -OCH3 is 1. The third kappa shape index (κ3) is 5.80. The molecule has 2 aromatic carbocycles. The van der Waals surface area contributed by atoms with E-state index in [9.17, 15) is 9.59 Å². The van der Waals surface area contributed by atoms with Gasteiger partial charge in [-0.25, -0.2) is 9.97 Å². The summed E-state index contributed by atoms with van der Waals surface area (Å²) in [7, 11) is 1.58. The first kappa shape index (κ1) is 31.2. The average Bonchev–Trinajstić information content (AvgIpc) is 3.31. The zero-order valence-electron chi connectivity index (χ0n) is 27.4. The Morgan fingerprint density at radius 2 is 1.68 bits per heavy atom. The van der Waals surface area contributed by atoms with Gasteiger partial charge in [-0.3, -0.25) is 14.5 Å². The van der Waals surface area contributed by atoms with Crippen molar-refractivity contribution in [2.24, 2.45) is 5.73 Å². The number of ether oxygens (including phenoxy) is 1. The summed E-state index contributed by atoms with van der Waals surface area (Å²) in [5, 5.41) is 1.68. The second-order valence-electron chi connectivity index (χ2n) is 13.2. The zero-order valence-corrected chi connectivity index (χ0v) is 27.4. The summed E-state index contributed by atoms with van der Waals surface area (Å²) in [4.78, 5) is 44.0. The Labute approximate surface area is 259 Å². The lowest BCUT2D eigenvalue weighted by Crippen LogP contribution is -2.50. The van der Waals surface area contributed by atoms with E-state index < -0.39 is 0 Å². The molecule has 44 heavy (non-hydrogen) atoms. The number of benzene rings is 2. The molecule has 0 atom stereocenters. The number of nitrogens with two attached hydrogens (primary N) is 1. The van der Waals surface area contributed by atoms with E-state index in [0.717, 1.165) is 46.2 Å². The Bertz CT molecular complexity index is 1800. The molecule has 1 amide bonds. The van der Waals surface area contributed by atoms with E-state index in [1.807, 2.05) is 36.1 Å². The van der Waals surface area contributed by atoms with Crippen LogP contribution in [0.15, 0.2) is 36.0 Å². The highest BCUT2D eigenvalue weighted by molar-refractivity contribution is 6.22. The third-order valence-electron chi connectivity index (χ3n) is 8.55. The molecule has 1 fully saturated rings. The van der Waals surface area contributed by atoms with E-state index in [2.05, 4.69) is 50.6 Å². The van der Waals surface area contributed by atoms with Gasteiger partial charge in [-0.05, 0) is 75.9 Å². The van der Waals surface area contributed by atoms with Crippen LogP contribution in [-0.4, -0.2) is 75.8 Å². The minimum Gasteiger partial charge on any atom is -0.496 e. The molecular weight excluding hydrogens is 552 g/mol. The molecule has 3 N–H and O–H groups in total. The van der Waals surface area contributed by atoms with Crippen molar-refractivity contribution in [2.75, 3.05) is 33.3 Å². The molecule has 0 aliphatic carbocycles. The number of piperazine rings is 1. The first-order valence-electron chi connectivity index (χ1n) is 15.2. The van der Waals surface area contributed by atoms with Crippen LogP contribution in [0.3, 0.4) is 0 Å². The van der Waals surface area contributed by atoms with Gasteiger partial charge in [0, 0.05) is 71.1 Å². The second kappa shape index (κ2) is 11.7. The number of Topliss-reactive ketones (excluding diaryl/α,β-unsaturated/α-hetero) is 1. The highest BCUT2D eigenvalue weighted by atomic mass is 16.5. The minimum absolute atomic E-state index is 0.0359. The number of nitrogens with one attached hydrogen (secondary N) is 1. The summed E-state index contributed by atoms with van der Waals surface area (Å²) in [6.45, 7) is 19.1. The second-order valence-corrected chi connectivity index (χ2v) is 13.2. The number of carbonyl (C=O) groups excluding carboxylic acids is 2. The number of H-pyrrole nitrogens is 1. The molecule has 0 spiro atoms. The zero-order chi connectivity index (χ0) is 32.1. The van der Waals surface area contributed by atoms with Crippen LogP contribution in [0.2, 0.25) is 0 Å². The molecule has 0 radical (unpaired) electrons. The molecule has 4 aromatic rings. The van der Waals surface area contributed by atoms with Gasteiger partial charge in [0.15, 0.2) is 5.78 Å². The number of allylic oxidation sites excluding steroid dienone is 2. The normalized spacial score (nSPS) is 15.3. The lowest BCUT2D eigenvalue weighted by Gasteiger charge is -2.37. The van der Waals surface area contributed by atoms with E-state index >= 15 is 0 Å². The summed E-state index contributed by atoms with van der Waals surface area (Å²) in [6.07, 6.45) is 0. The minimum atomic E-state index is -0.198. The molecule has 9 nitrogen and oxygen atoms in total. The highest BCUT2D eigenvalue weighted by Gasteiger charge is 2.27. The molecule has 0 bridgehead atoms. The van der Waals surface area contributed by atoms with Gasteiger partial charge in [-0.1, -0.05) is 20.8 Å². The van der Waals surface area contributed by atoms with Crippen molar-refractivity contribution < 1.29 is 14.3 Å². The van der Waals surface area contributed by atoms with Gasteiger partial charge < -0.3 is 20.4 Å². The van der Waals surface area contributed by atoms with Gasteiger partial charge >= 0.3 is 0 Å². The van der Waals surface area contributed by atoms with Crippen molar-refractivity contribution in [2.45, 2.75) is 66.8 Å². The summed E-state index contributed by atoms with van der Waals surface area (Å²) in [6, 6.07) is 10.4. The van der Waals surface area contributed by atoms with Crippen LogP contribution in [0.25, 0.3) is 38.8 Å². The number of hydrogen-bond acceptors (Lipinski definition) is 7. The Hall–Kier alpha value is -4.24. The molecule has 9 heteroatoms. The van der Waals surface area contributed by atoms with Crippen molar-refractivity contribution in [3.8, 4) is 17.0 Å². The number of aromatic amines is 1. The van der Waals surface area contributed by atoms with Crippen LogP contribution in [-0.2, 0) is 10.2 Å². The molecule has 1 saturated heterocycles. The fourth-order valence-electron chi connectivity index (χ4n) is 6.13. The number of fused-ring (bicyclic) bond motifs is 3. The smallest absolute Gasteiger partial charge is 0.253 e. The molecule has 0 unspecified atom stereocenters. The summed E-state index contributed by atoms with van der Waals surface area (Å²) in [5.41, 5.74) is 12.1. The number of nitrogens with zero attached hydrogens (tertiary/aromatic N) is 4. The van der Waals surface area contributed by atoms with Crippen LogP contribution in [0.4, 0.5) is 0 Å². The largest absolute Gasteiger partial charge is 0.496 e. The number of hydrogen-bond donors (Lipinski definition) is 2. The van der Waals surface area contributed by atoms with E-state index in [-0.39, 0.29) is 17.1 Å². The van der Waals surface area contributed by atoms with Gasteiger partial charge in [0.05, 0.1) is 18.2 Å². The van der Waals surface area contributed by atoms with Crippen LogP contribution in [0, 0.1) is 6.92 Å². The van der Waals surface area contributed by atoms with E-state index in [1.54, 1.807) is 14.0 Å². The standard InChI is InChI=1S/C35H44N6O3/c1-19(2)40-10-12-41(13-11-40)34(43)24-14-23(15-25(16-24)35(6,7)8)32-31-26-18-29(44-9)27(30(20(3)36)21(4)42)17-28(26)39-33(31)38-22(5)37-32/h14-19H,10-13,36H2,1-9H3,(H,37,38,39).